The van der Waals surface area contributed by atoms with E-state index in [1.165, 1.54) is 0 Å². The summed E-state index contributed by atoms with van der Waals surface area (Å²) in [5.41, 5.74) is 6.80. The number of nitrogens with zero attached hydrogens (tertiary/aromatic N) is 6. The number of fused-ring (bicyclic) bond motifs is 1. The quantitative estimate of drug-likeness (QED) is 0.764. The lowest BCUT2D eigenvalue weighted by atomic mass is 10.3. The standard InChI is InChI=1S/C14H15N7/c15-12-17-13(20-7-3-4-8-20)19-14(18-12)21-11-6-2-1-5-10(11)9-16-21/h1-2,5-6,9H,3-4,7-8H2,(H2,15,17,18,19). The van der Waals surface area contributed by atoms with Crippen LogP contribution in [0.25, 0.3) is 16.9 Å². The Hall–Kier alpha value is -2.70. The monoisotopic (exact) mass is 281 g/mol. The molecule has 1 aromatic carbocycles. The van der Waals surface area contributed by atoms with Gasteiger partial charge in [0.2, 0.25) is 11.9 Å². The number of rotatable bonds is 2. The van der Waals surface area contributed by atoms with Gasteiger partial charge in [-0.1, -0.05) is 18.2 Å². The highest BCUT2D eigenvalue weighted by atomic mass is 15.4. The van der Waals surface area contributed by atoms with Crippen molar-refractivity contribution in [3.05, 3.63) is 30.5 Å². The van der Waals surface area contributed by atoms with E-state index in [1.54, 1.807) is 10.9 Å². The van der Waals surface area contributed by atoms with Gasteiger partial charge in [0.15, 0.2) is 0 Å². The SMILES string of the molecule is Nc1nc(N2CCCC2)nc(-n2ncc3ccccc32)n1. The summed E-state index contributed by atoms with van der Waals surface area (Å²) in [4.78, 5) is 15.1. The summed E-state index contributed by atoms with van der Waals surface area (Å²) in [6.07, 6.45) is 4.11. The Labute approximate surface area is 121 Å². The number of nitrogen functional groups attached to an aromatic ring is 1. The fourth-order valence-corrected chi connectivity index (χ4v) is 2.65. The molecule has 3 aromatic rings. The summed E-state index contributed by atoms with van der Waals surface area (Å²) in [6, 6.07) is 7.93. The van der Waals surface area contributed by atoms with Crippen LogP contribution in [-0.2, 0) is 0 Å². The Balaban J connectivity index is 1.84. The number of aromatic nitrogens is 5. The maximum Gasteiger partial charge on any atom is 0.257 e. The second kappa shape index (κ2) is 4.69. The first-order valence-electron chi connectivity index (χ1n) is 7.01. The lowest BCUT2D eigenvalue weighted by Crippen LogP contribution is -2.22. The molecule has 0 aliphatic carbocycles. The van der Waals surface area contributed by atoms with E-state index in [1.807, 2.05) is 24.3 Å². The van der Waals surface area contributed by atoms with Crippen LogP contribution >= 0.6 is 0 Å². The van der Waals surface area contributed by atoms with Gasteiger partial charge in [0, 0.05) is 18.5 Å². The molecule has 0 atom stereocenters. The summed E-state index contributed by atoms with van der Waals surface area (Å²) < 4.78 is 1.70. The topological polar surface area (TPSA) is 85.8 Å². The van der Waals surface area contributed by atoms with E-state index in [4.69, 9.17) is 5.73 Å². The van der Waals surface area contributed by atoms with Crippen LogP contribution in [0.3, 0.4) is 0 Å². The molecule has 7 nitrogen and oxygen atoms in total. The molecule has 1 saturated heterocycles. The molecule has 0 amide bonds. The molecule has 0 unspecified atom stereocenters. The fourth-order valence-electron chi connectivity index (χ4n) is 2.65. The molecule has 1 fully saturated rings. The third kappa shape index (κ3) is 2.06. The van der Waals surface area contributed by atoms with Gasteiger partial charge >= 0.3 is 0 Å². The highest BCUT2D eigenvalue weighted by Crippen LogP contribution is 2.20. The molecule has 4 rings (SSSR count). The van der Waals surface area contributed by atoms with Gasteiger partial charge in [-0.05, 0) is 18.9 Å². The molecule has 0 spiro atoms. The fraction of sp³-hybridized carbons (Fsp3) is 0.286. The van der Waals surface area contributed by atoms with Crippen LogP contribution in [-0.4, -0.2) is 37.8 Å². The predicted molar refractivity (Wildman–Crippen MR) is 80.3 cm³/mol. The lowest BCUT2D eigenvalue weighted by Gasteiger charge is -2.15. The first-order valence-corrected chi connectivity index (χ1v) is 7.01. The molecule has 0 bridgehead atoms. The number of hydrogen-bond acceptors (Lipinski definition) is 6. The van der Waals surface area contributed by atoms with E-state index in [9.17, 15) is 0 Å². The van der Waals surface area contributed by atoms with Gasteiger partial charge < -0.3 is 10.6 Å². The Morgan fingerprint density at radius 3 is 2.57 bits per heavy atom. The summed E-state index contributed by atoms with van der Waals surface area (Å²) in [7, 11) is 0. The van der Waals surface area contributed by atoms with E-state index in [0.29, 0.717) is 11.9 Å². The van der Waals surface area contributed by atoms with Gasteiger partial charge in [-0.15, -0.1) is 0 Å². The maximum atomic E-state index is 5.85. The molecule has 1 aliphatic rings. The summed E-state index contributed by atoms with van der Waals surface area (Å²) in [5, 5.41) is 5.41. The Morgan fingerprint density at radius 2 is 1.71 bits per heavy atom. The summed E-state index contributed by atoms with van der Waals surface area (Å²) in [5.74, 6) is 1.32. The highest BCUT2D eigenvalue weighted by molar-refractivity contribution is 5.79. The van der Waals surface area contributed by atoms with Crippen molar-refractivity contribution in [3.63, 3.8) is 0 Å². The average Bonchev–Trinajstić information content (AvgIpc) is 3.16. The van der Waals surface area contributed by atoms with Crippen molar-refractivity contribution in [2.45, 2.75) is 12.8 Å². The van der Waals surface area contributed by atoms with E-state index < -0.39 is 0 Å². The lowest BCUT2D eigenvalue weighted by molar-refractivity contribution is 0.799. The number of benzene rings is 1. The van der Waals surface area contributed by atoms with Crippen molar-refractivity contribution in [1.29, 1.82) is 0 Å². The number of hydrogen-bond donors (Lipinski definition) is 1. The minimum Gasteiger partial charge on any atom is -0.368 e. The zero-order valence-electron chi connectivity index (χ0n) is 11.5. The Bertz CT molecular complexity index is 789. The third-order valence-electron chi connectivity index (χ3n) is 3.68. The van der Waals surface area contributed by atoms with Crippen LogP contribution < -0.4 is 10.6 Å². The smallest absolute Gasteiger partial charge is 0.257 e. The van der Waals surface area contributed by atoms with Crippen molar-refractivity contribution >= 4 is 22.8 Å². The van der Waals surface area contributed by atoms with Crippen molar-refractivity contribution in [3.8, 4) is 5.95 Å². The number of nitrogens with two attached hydrogens (primary N) is 1. The van der Waals surface area contributed by atoms with E-state index in [0.717, 1.165) is 36.8 Å². The maximum absolute atomic E-state index is 5.85. The second-order valence-electron chi connectivity index (χ2n) is 5.10. The molecular formula is C14H15N7. The first kappa shape index (κ1) is 12.1. The zero-order valence-corrected chi connectivity index (χ0v) is 11.5. The van der Waals surface area contributed by atoms with Crippen LogP contribution in [0.4, 0.5) is 11.9 Å². The normalized spacial score (nSPS) is 15.0. The molecule has 0 radical (unpaired) electrons. The minimum atomic E-state index is 0.224. The number of anilines is 2. The molecule has 0 saturated carbocycles. The van der Waals surface area contributed by atoms with Crippen LogP contribution in [0.5, 0.6) is 0 Å². The third-order valence-corrected chi connectivity index (χ3v) is 3.68. The van der Waals surface area contributed by atoms with Crippen molar-refractivity contribution in [1.82, 2.24) is 24.7 Å². The van der Waals surface area contributed by atoms with E-state index in [2.05, 4.69) is 25.0 Å². The summed E-state index contributed by atoms with van der Waals surface area (Å²) >= 11 is 0. The molecule has 3 heterocycles. The van der Waals surface area contributed by atoms with Gasteiger partial charge in [-0.3, -0.25) is 0 Å². The Kier molecular flexibility index (Phi) is 2.70. The van der Waals surface area contributed by atoms with Gasteiger partial charge in [0.25, 0.3) is 5.95 Å². The van der Waals surface area contributed by atoms with Crippen LogP contribution in [0, 0.1) is 0 Å². The molecule has 2 N–H and O–H groups in total. The van der Waals surface area contributed by atoms with Gasteiger partial charge in [0.05, 0.1) is 11.7 Å². The Morgan fingerprint density at radius 1 is 0.952 bits per heavy atom. The van der Waals surface area contributed by atoms with Crippen molar-refractivity contribution in [2.24, 2.45) is 0 Å². The second-order valence-corrected chi connectivity index (χ2v) is 5.10. The van der Waals surface area contributed by atoms with Gasteiger partial charge in [-0.2, -0.15) is 24.7 Å². The largest absolute Gasteiger partial charge is 0.368 e. The zero-order chi connectivity index (χ0) is 14.2. The van der Waals surface area contributed by atoms with Gasteiger partial charge in [-0.25, -0.2) is 0 Å². The van der Waals surface area contributed by atoms with Crippen LogP contribution in [0.15, 0.2) is 30.5 Å². The first-order chi connectivity index (χ1) is 10.3. The van der Waals surface area contributed by atoms with Crippen LogP contribution in [0.1, 0.15) is 12.8 Å². The molecule has 21 heavy (non-hydrogen) atoms. The number of para-hydroxylation sites is 1. The molecular weight excluding hydrogens is 266 g/mol. The highest BCUT2D eigenvalue weighted by Gasteiger charge is 2.18. The average molecular weight is 281 g/mol. The van der Waals surface area contributed by atoms with E-state index >= 15 is 0 Å². The van der Waals surface area contributed by atoms with Gasteiger partial charge in [0.1, 0.15) is 0 Å². The van der Waals surface area contributed by atoms with Crippen molar-refractivity contribution < 1.29 is 0 Å². The molecule has 106 valence electrons. The molecule has 2 aromatic heterocycles. The molecule has 1 aliphatic heterocycles. The summed E-state index contributed by atoms with van der Waals surface area (Å²) in [6.45, 7) is 1.92. The molecule has 7 heteroatoms. The minimum absolute atomic E-state index is 0.224. The van der Waals surface area contributed by atoms with Crippen LogP contribution in [0.2, 0.25) is 0 Å². The van der Waals surface area contributed by atoms with E-state index in [-0.39, 0.29) is 5.95 Å². The predicted octanol–water partition coefficient (Wildman–Crippen LogP) is 1.39. The van der Waals surface area contributed by atoms with Crippen molar-refractivity contribution in [2.75, 3.05) is 23.7 Å².